The van der Waals surface area contributed by atoms with Crippen LogP contribution in [0.3, 0.4) is 0 Å². The van der Waals surface area contributed by atoms with Crippen LogP contribution in [-0.2, 0) is 11.3 Å². The molecule has 4 aromatic rings. The first kappa shape index (κ1) is 22.2. The zero-order chi connectivity index (χ0) is 23.5. The van der Waals surface area contributed by atoms with E-state index in [1.54, 1.807) is 23.5 Å². The number of rotatable bonds is 7. The summed E-state index contributed by atoms with van der Waals surface area (Å²) in [7, 11) is 0. The highest BCUT2D eigenvalue weighted by molar-refractivity contribution is 7.99. The van der Waals surface area contributed by atoms with E-state index < -0.39 is 0 Å². The summed E-state index contributed by atoms with van der Waals surface area (Å²) in [6.07, 6.45) is 1.53. The molecule has 1 aliphatic heterocycles. The predicted octanol–water partition coefficient (Wildman–Crippen LogP) is 3.59. The van der Waals surface area contributed by atoms with Gasteiger partial charge in [0.15, 0.2) is 16.7 Å². The Balaban J connectivity index is 1.19. The van der Waals surface area contributed by atoms with Crippen molar-refractivity contribution in [3.8, 4) is 28.4 Å². The molecular formula is C22H21N7O3S2. The first-order valence-corrected chi connectivity index (χ1v) is 12.6. The minimum absolute atomic E-state index is 0.0438. The maximum Gasteiger partial charge on any atom is 0.266 e. The molecular weight excluding hydrogens is 474 g/mol. The Labute approximate surface area is 203 Å². The van der Waals surface area contributed by atoms with Gasteiger partial charge in [-0.2, -0.15) is 10.2 Å². The summed E-state index contributed by atoms with van der Waals surface area (Å²) in [5.41, 5.74) is 0.210. The number of furan rings is 1. The van der Waals surface area contributed by atoms with Gasteiger partial charge in [-0.15, -0.1) is 21.5 Å². The zero-order valence-corrected chi connectivity index (χ0v) is 20.0. The molecule has 1 amide bonds. The number of nitriles is 1. The second-order valence-corrected chi connectivity index (χ2v) is 9.34. The number of amides is 1. The van der Waals surface area contributed by atoms with Crippen molar-refractivity contribution < 1.29 is 13.6 Å². The van der Waals surface area contributed by atoms with E-state index in [-0.39, 0.29) is 23.2 Å². The molecule has 0 unspecified atom stereocenters. The van der Waals surface area contributed by atoms with Gasteiger partial charge in [0.2, 0.25) is 17.5 Å². The SMILES string of the molecule is CCn1c(SCC(=O)N2CCN(c3oc(-c4ccco4)nc3C#N)CC2)nnc1-c1cccs1. The molecule has 0 N–H and O–H groups in total. The van der Waals surface area contributed by atoms with Crippen molar-refractivity contribution in [1.29, 1.82) is 5.26 Å². The van der Waals surface area contributed by atoms with Gasteiger partial charge in [-0.05, 0) is 30.5 Å². The lowest BCUT2D eigenvalue weighted by Gasteiger charge is -2.34. The Morgan fingerprint density at radius 2 is 2.09 bits per heavy atom. The Hall–Kier alpha value is -3.56. The van der Waals surface area contributed by atoms with Crippen LogP contribution in [-0.4, -0.2) is 62.5 Å². The number of thioether (sulfide) groups is 1. The molecule has 34 heavy (non-hydrogen) atoms. The van der Waals surface area contributed by atoms with Crippen molar-refractivity contribution in [2.75, 3.05) is 36.8 Å². The molecule has 0 saturated carbocycles. The van der Waals surface area contributed by atoms with E-state index in [9.17, 15) is 10.1 Å². The van der Waals surface area contributed by atoms with Crippen LogP contribution < -0.4 is 4.90 Å². The monoisotopic (exact) mass is 495 g/mol. The number of hydrogen-bond donors (Lipinski definition) is 0. The molecule has 0 bridgehead atoms. The van der Waals surface area contributed by atoms with E-state index in [4.69, 9.17) is 8.83 Å². The molecule has 5 heterocycles. The van der Waals surface area contributed by atoms with Crippen molar-refractivity contribution in [2.45, 2.75) is 18.6 Å². The van der Waals surface area contributed by atoms with Gasteiger partial charge in [-0.25, -0.2) is 0 Å². The number of oxazole rings is 1. The van der Waals surface area contributed by atoms with Crippen molar-refractivity contribution in [3.63, 3.8) is 0 Å². The van der Waals surface area contributed by atoms with E-state index in [2.05, 4.69) is 21.3 Å². The van der Waals surface area contributed by atoms with Crippen LogP contribution in [0.25, 0.3) is 22.4 Å². The number of carbonyl (C=O) groups excluding carboxylic acids is 1. The predicted molar refractivity (Wildman–Crippen MR) is 127 cm³/mol. The van der Waals surface area contributed by atoms with Gasteiger partial charge in [0.1, 0.15) is 6.07 Å². The molecule has 1 fully saturated rings. The minimum atomic E-state index is 0.0438. The van der Waals surface area contributed by atoms with Gasteiger partial charge in [0.05, 0.1) is 16.9 Å². The van der Waals surface area contributed by atoms with E-state index >= 15 is 0 Å². The summed E-state index contributed by atoms with van der Waals surface area (Å²) in [6, 6.07) is 9.55. The molecule has 0 aromatic carbocycles. The highest BCUT2D eigenvalue weighted by atomic mass is 32.2. The van der Waals surface area contributed by atoms with Crippen LogP contribution in [0, 0.1) is 11.3 Å². The summed E-state index contributed by atoms with van der Waals surface area (Å²) >= 11 is 3.02. The van der Waals surface area contributed by atoms with Gasteiger partial charge in [-0.1, -0.05) is 17.8 Å². The fourth-order valence-electron chi connectivity index (χ4n) is 3.75. The summed E-state index contributed by atoms with van der Waals surface area (Å²) in [4.78, 5) is 21.9. The van der Waals surface area contributed by atoms with E-state index in [1.807, 2.05) is 38.8 Å². The molecule has 0 spiro atoms. The first-order valence-electron chi connectivity index (χ1n) is 10.7. The number of piperazine rings is 1. The van der Waals surface area contributed by atoms with Gasteiger partial charge in [0, 0.05) is 32.7 Å². The van der Waals surface area contributed by atoms with Crippen molar-refractivity contribution >= 4 is 34.9 Å². The molecule has 0 radical (unpaired) electrons. The van der Waals surface area contributed by atoms with E-state index in [0.717, 1.165) is 22.4 Å². The van der Waals surface area contributed by atoms with Gasteiger partial charge >= 0.3 is 0 Å². The second kappa shape index (κ2) is 9.74. The van der Waals surface area contributed by atoms with Crippen molar-refractivity contribution in [1.82, 2.24) is 24.6 Å². The number of anilines is 1. The van der Waals surface area contributed by atoms with Gasteiger partial charge in [0.25, 0.3) is 5.89 Å². The van der Waals surface area contributed by atoms with Crippen LogP contribution >= 0.6 is 23.1 Å². The summed E-state index contributed by atoms with van der Waals surface area (Å²) in [5, 5.41) is 20.8. The normalized spacial score (nSPS) is 13.9. The quantitative estimate of drug-likeness (QED) is 0.355. The highest BCUT2D eigenvalue weighted by Gasteiger charge is 2.27. The Kier molecular flexibility index (Phi) is 6.37. The third-order valence-corrected chi connectivity index (χ3v) is 7.28. The van der Waals surface area contributed by atoms with Crippen LogP contribution in [0.2, 0.25) is 0 Å². The topological polar surface area (TPSA) is 117 Å². The maximum absolute atomic E-state index is 12.9. The Morgan fingerprint density at radius 1 is 1.24 bits per heavy atom. The number of thiophene rings is 1. The lowest BCUT2D eigenvalue weighted by Crippen LogP contribution is -2.49. The second-order valence-electron chi connectivity index (χ2n) is 7.45. The van der Waals surface area contributed by atoms with Crippen LogP contribution in [0.4, 0.5) is 5.88 Å². The summed E-state index contributed by atoms with van der Waals surface area (Å²) < 4.78 is 13.2. The average Bonchev–Trinajstić information content (AvgIpc) is 3.68. The molecule has 174 valence electrons. The van der Waals surface area contributed by atoms with E-state index in [1.165, 1.54) is 18.0 Å². The largest absolute Gasteiger partial charge is 0.459 e. The Morgan fingerprint density at radius 3 is 2.76 bits per heavy atom. The zero-order valence-electron chi connectivity index (χ0n) is 18.4. The number of carbonyl (C=O) groups is 1. The molecule has 0 aliphatic carbocycles. The van der Waals surface area contributed by atoms with Crippen LogP contribution in [0.15, 0.2) is 49.9 Å². The third-order valence-electron chi connectivity index (χ3n) is 5.47. The number of nitrogens with zero attached hydrogens (tertiary/aromatic N) is 7. The lowest BCUT2D eigenvalue weighted by molar-refractivity contribution is -0.128. The standard InChI is InChI=1S/C22H21N7O3S2/c1-2-29-19(17-6-4-12-33-17)25-26-22(29)34-14-18(30)27-7-9-28(10-8-27)21-15(13-23)24-20(32-21)16-5-3-11-31-16/h3-6,11-12H,2,7-10,14H2,1H3. The lowest BCUT2D eigenvalue weighted by atomic mass is 10.3. The number of aromatic nitrogens is 4. The van der Waals surface area contributed by atoms with E-state index in [0.29, 0.717) is 37.8 Å². The van der Waals surface area contributed by atoms with Crippen molar-refractivity contribution in [3.05, 3.63) is 41.6 Å². The summed E-state index contributed by atoms with van der Waals surface area (Å²) in [5.74, 6) is 2.31. The molecule has 12 heteroatoms. The third kappa shape index (κ3) is 4.32. The maximum atomic E-state index is 12.9. The van der Waals surface area contributed by atoms with Gasteiger partial charge < -0.3 is 23.2 Å². The van der Waals surface area contributed by atoms with Crippen LogP contribution in [0.1, 0.15) is 12.6 Å². The first-order chi connectivity index (χ1) is 16.7. The molecule has 10 nitrogen and oxygen atoms in total. The van der Waals surface area contributed by atoms with Gasteiger partial charge in [-0.3, -0.25) is 4.79 Å². The average molecular weight is 496 g/mol. The van der Waals surface area contributed by atoms with Crippen LogP contribution in [0.5, 0.6) is 0 Å². The molecule has 4 aromatic heterocycles. The fraction of sp³-hybridized carbons (Fsp3) is 0.318. The molecule has 1 saturated heterocycles. The smallest absolute Gasteiger partial charge is 0.266 e. The molecule has 0 atom stereocenters. The minimum Gasteiger partial charge on any atom is -0.459 e. The number of hydrogen-bond acceptors (Lipinski definition) is 10. The fourth-order valence-corrected chi connectivity index (χ4v) is 5.37. The Bertz CT molecular complexity index is 1300. The highest BCUT2D eigenvalue weighted by Crippen LogP contribution is 2.30. The van der Waals surface area contributed by atoms with Crippen molar-refractivity contribution in [2.24, 2.45) is 0 Å². The molecule has 5 rings (SSSR count). The molecule has 1 aliphatic rings. The summed E-state index contributed by atoms with van der Waals surface area (Å²) in [6.45, 7) is 4.93.